The molecule has 3 heteroatoms. The monoisotopic (exact) mass is 267 g/mol. The van der Waals surface area contributed by atoms with Gasteiger partial charge in [-0.05, 0) is 44.7 Å². The molecule has 0 spiro atoms. The Morgan fingerprint density at radius 3 is 2.28 bits per heavy atom. The third-order valence-electron chi connectivity index (χ3n) is 3.19. The molecule has 100 valence electrons. The van der Waals surface area contributed by atoms with Gasteiger partial charge in [-0.25, -0.2) is 0 Å². The van der Waals surface area contributed by atoms with Crippen LogP contribution in [-0.2, 0) is 0 Å². The summed E-state index contributed by atoms with van der Waals surface area (Å²) in [7, 11) is 0. The Bertz CT molecular complexity index is 405. The van der Waals surface area contributed by atoms with Gasteiger partial charge in [0, 0.05) is 17.5 Å². The Hall–Kier alpha value is -1.02. The molecule has 0 aliphatic rings. The van der Waals surface area contributed by atoms with E-state index in [1.165, 1.54) is 5.56 Å². The van der Waals surface area contributed by atoms with E-state index in [0.717, 1.165) is 29.5 Å². The number of nitrogens with one attached hydrogen (secondary N) is 1. The predicted octanol–water partition coefficient (Wildman–Crippen LogP) is 3.75. The summed E-state index contributed by atoms with van der Waals surface area (Å²) in [6.45, 7) is 8.07. The highest BCUT2D eigenvalue weighted by molar-refractivity contribution is 6.17. The van der Waals surface area contributed by atoms with Gasteiger partial charge in [-0.15, -0.1) is 11.6 Å². The van der Waals surface area contributed by atoms with E-state index < -0.39 is 0 Å². The standard InChI is InChI=1S/C15H22ClNO/c1-5-13(6-7-16)17-15(18)14-11(3)8-10(2)9-12(14)4/h8-9,13H,5-7H2,1-4H3,(H,17,18). The molecule has 18 heavy (non-hydrogen) atoms. The fourth-order valence-electron chi connectivity index (χ4n) is 2.31. The molecule has 0 bridgehead atoms. The molecule has 1 unspecified atom stereocenters. The largest absolute Gasteiger partial charge is 0.349 e. The van der Waals surface area contributed by atoms with Gasteiger partial charge < -0.3 is 5.32 Å². The Morgan fingerprint density at radius 1 is 1.28 bits per heavy atom. The number of amides is 1. The Morgan fingerprint density at radius 2 is 1.83 bits per heavy atom. The molecule has 0 saturated carbocycles. The van der Waals surface area contributed by atoms with E-state index in [9.17, 15) is 4.79 Å². The Kier molecular flexibility index (Phi) is 5.67. The summed E-state index contributed by atoms with van der Waals surface area (Å²) in [5.41, 5.74) is 4.06. The number of hydrogen-bond donors (Lipinski definition) is 1. The first-order valence-corrected chi connectivity index (χ1v) is 6.97. The molecule has 0 fully saturated rings. The van der Waals surface area contributed by atoms with Crippen LogP contribution in [-0.4, -0.2) is 17.8 Å². The lowest BCUT2D eigenvalue weighted by atomic mass is 9.98. The second kappa shape index (κ2) is 6.79. The van der Waals surface area contributed by atoms with Crippen LogP contribution in [0.3, 0.4) is 0 Å². The van der Waals surface area contributed by atoms with Crippen molar-refractivity contribution < 1.29 is 4.79 Å². The second-order valence-electron chi connectivity index (χ2n) is 4.83. The van der Waals surface area contributed by atoms with Gasteiger partial charge in [-0.2, -0.15) is 0 Å². The number of alkyl halides is 1. The molecule has 0 heterocycles. The molecule has 1 atom stereocenters. The molecule has 1 N–H and O–H groups in total. The second-order valence-corrected chi connectivity index (χ2v) is 5.21. The van der Waals surface area contributed by atoms with Crippen molar-refractivity contribution in [3.8, 4) is 0 Å². The van der Waals surface area contributed by atoms with Crippen LogP contribution in [0.25, 0.3) is 0 Å². The van der Waals surface area contributed by atoms with Gasteiger partial charge in [0.15, 0.2) is 0 Å². The summed E-state index contributed by atoms with van der Waals surface area (Å²) in [6, 6.07) is 4.25. The first-order chi connectivity index (χ1) is 8.49. The third-order valence-corrected chi connectivity index (χ3v) is 3.41. The molecule has 0 saturated heterocycles. The summed E-state index contributed by atoms with van der Waals surface area (Å²) >= 11 is 5.74. The minimum Gasteiger partial charge on any atom is -0.349 e. The van der Waals surface area contributed by atoms with Gasteiger partial charge in [-0.3, -0.25) is 4.79 Å². The molecular formula is C15H22ClNO. The highest BCUT2D eigenvalue weighted by atomic mass is 35.5. The molecule has 1 amide bonds. The van der Waals surface area contributed by atoms with E-state index in [4.69, 9.17) is 11.6 Å². The molecule has 1 aromatic rings. The van der Waals surface area contributed by atoms with Crippen molar-refractivity contribution >= 4 is 17.5 Å². The zero-order valence-corrected chi connectivity index (χ0v) is 12.4. The van der Waals surface area contributed by atoms with Crippen LogP contribution in [0.1, 0.15) is 46.8 Å². The zero-order valence-electron chi connectivity index (χ0n) is 11.6. The van der Waals surface area contributed by atoms with E-state index >= 15 is 0 Å². The Balaban J connectivity index is 2.90. The summed E-state index contributed by atoms with van der Waals surface area (Å²) in [6.07, 6.45) is 1.72. The van der Waals surface area contributed by atoms with Crippen molar-refractivity contribution in [2.75, 3.05) is 5.88 Å². The maximum absolute atomic E-state index is 12.3. The topological polar surface area (TPSA) is 29.1 Å². The number of carbonyl (C=O) groups excluding carboxylic acids is 1. The minimum absolute atomic E-state index is 0.0157. The van der Waals surface area contributed by atoms with E-state index in [1.54, 1.807) is 0 Å². The highest BCUT2D eigenvalue weighted by Crippen LogP contribution is 2.16. The fraction of sp³-hybridized carbons (Fsp3) is 0.533. The van der Waals surface area contributed by atoms with Crippen LogP contribution in [0, 0.1) is 20.8 Å². The van der Waals surface area contributed by atoms with E-state index in [1.807, 2.05) is 32.9 Å². The number of benzene rings is 1. The maximum Gasteiger partial charge on any atom is 0.252 e. The zero-order chi connectivity index (χ0) is 13.7. The number of aryl methyl sites for hydroxylation is 3. The molecule has 0 aliphatic heterocycles. The van der Waals surface area contributed by atoms with Crippen molar-refractivity contribution in [1.29, 1.82) is 0 Å². The molecule has 1 rings (SSSR count). The normalized spacial score (nSPS) is 12.3. The molecule has 1 aromatic carbocycles. The van der Waals surface area contributed by atoms with Gasteiger partial charge in [0.2, 0.25) is 0 Å². The SMILES string of the molecule is CCC(CCCl)NC(=O)c1c(C)cc(C)cc1C. The molecule has 0 aliphatic carbocycles. The van der Waals surface area contributed by atoms with Gasteiger partial charge in [0.1, 0.15) is 0 Å². The molecule has 2 nitrogen and oxygen atoms in total. The quantitative estimate of drug-likeness (QED) is 0.809. The van der Waals surface area contributed by atoms with Crippen LogP contribution < -0.4 is 5.32 Å². The summed E-state index contributed by atoms with van der Waals surface area (Å²) in [5, 5.41) is 3.06. The molecule has 0 radical (unpaired) electrons. The van der Waals surface area contributed by atoms with Gasteiger partial charge >= 0.3 is 0 Å². The predicted molar refractivity (Wildman–Crippen MR) is 77.5 cm³/mol. The average Bonchev–Trinajstić information content (AvgIpc) is 2.26. The highest BCUT2D eigenvalue weighted by Gasteiger charge is 2.16. The maximum atomic E-state index is 12.3. The van der Waals surface area contributed by atoms with Crippen molar-refractivity contribution in [3.63, 3.8) is 0 Å². The van der Waals surface area contributed by atoms with Gasteiger partial charge in [-0.1, -0.05) is 24.6 Å². The van der Waals surface area contributed by atoms with Crippen LogP contribution >= 0.6 is 11.6 Å². The van der Waals surface area contributed by atoms with Crippen LogP contribution in [0.4, 0.5) is 0 Å². The van der Waals surface area contributed by atoms with Gasteiger partial charge in [0.25, 0.3) is 5.91 Å². The minimum atomic E-state index is 0.0157. The van der Waals surface area contributed by atoms with Crippen LogP contribution in [0.5, 0.6) is 0 Å². The molecule has 0 aromatic heterocycles. The van der Waals surface area contributed by atoms with Crippen LogP contribution in [0.15, 0.2) is 12.1 Å². The lowest BCUT2D eigenvalue weighted by Gasteiger charge is -2.18. The first-order valence-electron chi connectivity index (χ1n) is 6.44. The van der Waals surface area contributed by atoms with Crippen molar-refractivity contribution in [2.24, 2.45) is 0 Å². The average molecular weight is 268 g/mol. The Labute approximate surface area is 115 Å². The van der Waals surface area contributed by atoms with Crippen LogP contribution in [0.2, 0.25) is 0 Å². The van der Waals surface area contributed by atoms with Crippen molar-refractivity contribution in [3.05, 3.63) is 34.4 Å². The lowest BCUT2D eigenvalue weighted by molar-refractivity contribution is 0.0934. The van der Waals surface area contributed by atoms with Crippen molar-refractivity contribution in [2.45, 2.75) is 46.6 Å². The van der Waals surface area contributed by atoms with E-state index in [0.29, 0.717) is 5.88 Å². The summed E-state index contributed by atoms with van der Waals surface area (Å²) in [4.78, 5) is 12.3. The number of hydrogen-bond acceptors (Lipinski definition) is 1. The lowest BCUT2D eigenvalue weighted by Crippen LogP contribution is -2.35. The van der Waals surface area contributed by atoms with Gasteiger partial charge in [0.05, 0.1) is 0 Å². The number of halogens is 1. The number of rotatable bonds is 5. The number of carbonyl (C=O) groups is 1. The molecular weight excluding hydrogens is 246 g/mol. The van der Waals surface area contributed by atoms with E-state index in [2.05, 4.69) is 12.2 Å². The summed E-state index contributed by atoms with van der Waals surface area (Å²) < 4.78 is 0. The smallest absolute Gasteiger partial charge is 0.252 e. The first kappa shape index (κ1) is 15.0. The fourth-order valence-corrected chi connectivity index (χ4v) is 2.57. The van der Waals surface area contributed by atoms with Crippen molar-refractivity contribution in [1.82, 2.24) is 5.32 Å². The summed E-state index contributed by atoms with van der Waals surface area (Å²) in [5.74, 6) is 0.590. The third kappa shape index (κ3) is 3.74. The van der Waals surface area contributed by atoms with E-state index in [-0.39, 0.29) is 11.9 Å².